The molecule has 2 N–H and O–H groups in total. The predicted molar refractivity (Wildman–Crippen MR) is 95.6 cm³/mol. The van der Waals surface area contributed by atoms with Crippen molar-refractivity contribution in [1.82, 2.24) is 9.71 Å². The van der Waals surface area contributed by atoms with E-state index in [0.29, 0.717) is 0 Å². The van der Waals surface area contributed by atoms with Crippen molar-refractivity contribution in [2.45, 2.75) is 11.8 Å². The smallest absolute Gasteiger partial charge is 0.338 e. The number of nitrogens with zero attached hydrogens (tertiary/aromatic N) is 1. The summed E-state index contributed by atoms with van der Waals surface area (Å²) in [7, 11) is -3.96. The molecule has 27 heavy (non-hydrogen) atoms. The molecular weight excluding hydrogens is 398 g/mol. The minimum absolute atomic E-state index is 0.114. The fourth-order valence-electron chi connectivity index (χ4n) is 1.91. The van der Waals surface area contributed by atoms with E-state index in [1.807, 2.05) is 4.72 Å². The lowest BCUT2D eigenvalue weighted by atomic mass is 10.3. The number of carbonyl (C=O) groups excluding carboxylic acids is 3. The number of carbonyl (C=O) groups is 3. The van der Waals surface area contributed by atoms with Crippen LogP contribution in [-0.4, -0.2) is 37.8 Å². The number of aromatic nitrogens is 1. The van der Waals surface area contributed by atoms with Gasteiger partial charge in [-0.2, -0.15) is 0 Å². The van der Waals surface area contributed by atoms with Crippen molar-refractivity contribution >= 4 is 45.1 Å². The van der Waals surface area contributed by atoms with Gasteiger partial charge in [0, 0.05) is 18.8 Å². The highest BCUT2D eigenvalue weighted by atomic mass is 35.5. The second kappa shape index (κ2) is 8.60. The summed E-state index contributed by atoms with van der Waals surface area (Å²) in [5.74, 6) is -2.09. The first kappa shape index (κ1) is 20.3. The first-order valence-corrected chi connectivity index (χ1v) is 9.25. The van der Waals surface area contributed by atoms with Gasteiger partial charge in [0.15, 0.2) is 6.61 Å². The standard InChI is InChI=1S/C16H14ClN3O6S/c1-10(21)20-27(24,25)13-4-2-12(3-5-13)19-15(22)9-26-16(23)11-6-7-18-14(17)8-11/h2-8H,9H2,1H3,(H,19,22)(H,20,21). The van der Waals surface area contributed by atoms with E-state index in [9.17, 15) is 22.8 Å². The van der Waals surface area contributed by atoms with Gasteiger partial charge in [-0.1, -0.05) is 11.6 Å². The van der Waals surface area contributed by atoms with Crippen LogP contribution in [0.15, 0.2) is 47.5 Å². The van der Waals surface area contributed by atoms with Crippen LogP contribution >= 0.6 is 11.6 Å². The molecule has 9 nitrogen and oxygen atoms in total. The number of sulfonamides is 1. The molecule has 142 valence electrons. The van der Waals surface area contributed by atoms with Crippen LogP contribution in [-0.2, 0) is 24.3 Å². The van der Waals surface area contributed by atoms with Crippen molar-refractivity contribution < 1.29 is 27.5 Å². The highest BCUT2D eigenvalue weighted by molar-refractivity contribution is 7.90. The summed E-state index contributed by atoms with van der Waals surface area (Å²) in [5.41, 5.74) is 0.431. The molecule has 0 aliphatic heterocycles. The summed E-state index contributed by atoms with van der Waals surface area (Å²) in [5, 5.41) is 2.56. The van der Waals surface area contributed by atoms with Gasteiger partial charge < -0.3 is 10.1 Å². The lowest BCUT2D eigenvalue weighted by Gasteiger charge is -2.08. The maximum Gasteiger partial charge on any atom is 0.338 e. The van der Waals surface area contributed by atoms with Crippen molar-refractivity contribution in [1.29, 1.82) is 0 Å². The summed E-state index contributed by atoms with van der Waals surface area (Å²) in [6.45, 7) is 0.526. The Morgan fingerprint density at radius 2 is 1.81 bits per heavy atom. The van der Waals surface area contributed by atoms with Crippen LogP contribution in [0.5, 0.6) is 0 Å². The summed E-state index contributed by atoms with van der Waals surface area (Å²) in [4.78, 5) is 38.1. The van der Waals surface area contributed by atoms with E-state index in [1.165, 1.54) is 42.6 Å². The van der Waals surface area contributed by atoms with E-state index >= 15 is 0 Å². The maximum absolute atomic E-state index is 11.8. The molecule has 0 aliphatic rings. The highest BCUT2D eigenvalue weighted by Gasteiger charge is 2.16. The van der Waals surface area contributed by atoms with E-state index in [4.69, 9.17) is 16.3 Å². The Hall–Kier alpha value is -2.98. The first-order chi connectivity index (χ1) is 12.7. The molecule has 2 amide bonds. The van der Waals surface area contributed by atoms with Gasteiger partial charge in [0.05, 0.1) is 10.5 Å². The molecule has 0 saturated heterocycles. The van der Waals surface area contributed by atoms with Crippen LogP contribution in [0.25, 0.3) is 0 Å². The minimum Gasteiger partial charge on any atom is -0.452 e. The van der Waals surface area contributed by atoms with Gasteiger partial charge in [-0.25, -0.2) is 22.9 Å². The van der Waals surface area contributed by atoms with Crippen molar-refractivity contribution in [2.24, 2.45) is 0 Å². The van der Waals surface area contributed by atoms with Gasteiger partial charge in [-0.3, -0.25) is 9.59 Å². The Balaban J connectivity index is 1.92. The third-order valence-electron chi connectivity index (χ3n) is 3.02. The van der Waals surface area contributed by atoms with Gasteiger partial charge in [-0.05, 0) is 36.4 Å². The molecule has 0 saturated carbocycles. The zero-order chi connectivity index (χ0) is 20.0. The molecule has 1 heterocycles. The van der Waals surface area contributed by atoms with Crippen LogP contribution in [0.2, 0.25) is 5.15 Å². The Bertz CT molecular complexity index is 976. The van der Waals surface area contributed by atoms with Gasteiger partial charge in [0.2, 0.25) is 5.91 Å². The Morgan fingerprint density at radius 1 is 1.15 bits per heavy atom. The number of ether oxygens (including phenoxy) is 1. The van der Waals surface area contributed by atoms with E-state index in [1.54, 1.807) is 0 Å². The number of anilines is 1. The van der Waals surface area contributed by atoms with Crippen LogP contribution in [0.1, 0.15) is 17.3 Å². The molecule has 2 rings (SSSR count). The average Bonchev–Trinajstić information content (AvgIpc) is 2.59. The van der Waals surface area contributed by atoms with Crippen molar-refractivity contribution in [2.75, 3.05) is 11.9 Å². The fraction of sp³-hybridized carbons (Fsp3) is 0.125. The van der Waals surface area contributed by atoms with Gasteiger partial charge >= 0.3 is 5.97 Å². The molecule has 0 fully saturated rings. The Morgan fingerprint density at radius 3 is 2.41 bits per heavy atom. The summed E-state index contributed by atoms with van der Waals surface area (Å²) >= 11 is 5.67. The summed E-state index contributed by atoms with van der Waals surface area (Å²) < 4.78 is 30.3. The zero-order valence-corrected chi connectivity index (χ0v) is 15.5. The Labute approximate surface area is 159 Å². The first-order valence-electron chi connectivity index (χ1n) is 7.39. The molecule has 0 bridgehead atoms. The topological polar surface area (TPSA) is 132 Å². The number of rotatable bonds is 6. The van der Waals surface area contributed by atoms with Crippen molar-refractivity contribution in [3.63, 3.8) is 0 Å². The molecule has 11 heteroatoms. The largest absolute Gasteiger partial charge is 0.452 e. The van der Waals surface area contributed by atoms with Crippen molar-refractivity contribution in [3.05, 3.63) is 53.3 Å². The van der Waals surface area contributed by atoms with Crippen molar-refractivity contribution in [3.8, 4) is 0 Å². The molecule has 0 atom stereocenters. The van der Waals surface area contributed by atoms with Gasteiger partial charge in [0.25, 0.3) is 15.9 Å². The zero-order valence-electron chi connectivity index (χ0n) is 13.9. The molecule has 1 aromatic carbocycles. The third-order valence-corrected chi connectivity index (χ3v) is 4.68. The number of halogens is 1. The van der Waals surface area contributed by atoms with Crippen LogP contribution in [0, 0.1) is 0 Å². The SMILES string of the molecule is CC(=O)NS(=O)(=O)c1ccc(NC(=O)COC(=O)c2ccnc(Cl)c2)cc1. The number of hydrogen-bond acceptors (Lipinski definition) is 7. The molecule has 0 unspecified atom stereocenters. The highest BCUT2D eigenvalue weighted by Crippen LogP contribution is 2.14. The number of benzene rings is 1. The normalized spacial score (nSPS) is 10.7. The number of nitrogens with one attached hydrogen (secondary N) is 2. The molecule has 2 aromatic rings. The average molecular weight is 412 g/mol. The molecule has 0 spiro atoms. The predicted octanol–water partition coefficient (Wildman–Crippen LogP) is 1.36. The molecular formula is C16H14ClN3O6S. The number of hydrogen-bond donors (Lipinski definition) is 2. The lowest BCUT2D eigenvalue weighted by Crippen LogP contribution is -2.28. The minimum atomic E-state index is -3.96. The summed E-state index contributed by atoms with van der Waals surface area (Å²) in [6.07, 6.45) is 1.33. The van der Waals surface area contributed by atoms with Crippen LogP contribution in [0.3, 0.4) is 0 Å². The second-order valence-electron chi connectivity index (χ2n) is 5.18. The monoisotopic (exact) mass is 411 g/mol. The number of amides is 2. The van der Waals surface area contributed by atoms with Gasteiger partial charge in [-0.15, -0.1) is 0 Å². The molecule has 1 aromatic heterocycles. The maximum atomic E-state index is 11.8. The van der Waals surface area contributed by atoms with E-state index in [-0.39, 0.29) is 21.3 Å². The van der Waals surface area contributed by atoms with Crippen LogP contribution < -0.4 is 10.0 Å². The Kier molecular flexibility index (Phi) is 6.48. The fourth-order valence-corrected chi connectivity index (χ4v) is 3.07. The number of pyridine rings is 1. The molecule has 0 radical (unpaired) electrons. The third kappa shape index (κ3) is 6.04. The van der Waals surface area contributed by atoms with Gasteiger partial charge in [0.1, 0.15) is 5.15 Å². The summed E-state index contributed by atoms with van der Waals surface area (Å²) in [6, 6.07) is 7.78. The van der Waals surface area contributed by atoms with E-state index in [0.717, 1.165) is 6.92 Å². The second-order valence-corrected chi connectivity index (χ2v) is 7.25. The van der Waals surface area contributed by atoms with E-state index < -0.39 is 34.4 Å². The quantitative estimate of drug-likeness (QED) is 0.541. The molecule has 0 aliphatic carbocycles. The van der Waals surface area contributed by atoms with E-state index in [2.05, 4.69) is 10.3 Å². The van der Waals surface area contributed by atoms with Crippen LogP contribution in [0.4, 0.5) is 5.69 Å². The lowest BCUT2D eigenvalue weighted by molar-refractivity contribution is -0.119. The number of esters is 1.